The highest BCUT2D eigenvalue weighted by Gasteiger charge is 2.25. The lowest BCUT2D eigenvalue weighted by molar-refractivity contribution is 0.317. The largest absolute Gasteiger partial charge is 0.374 e. The fourth-order valence-corrected chi connectivity index (χ4v) is 2.60. The molecule has 0 saturated carbocycles. The molecule has 0 fully saturated rings. The van der Waals surface area contributed by atoms with E-state index in [0.717, 1.165) is 18.5 Å². The maximum absolute atomic E-state index is 6.30. The van der Waals surface area contributed by atoms with E-state index in [0.29, 0.717) is 11.7 Å². The Morgan fingerprint density at radius 3 is 2.76 bits per heavy atom. The minimum absolute atomic E-state index is 0.161. The van der Waals surface area contributed by atoms with Crippen molar-refractivity contribution in [2.75, 3.05) is 18.5 Å². The molecular weight excluding hydrogens is 264 g/mol. The molecule has 21 heavy (non-hydrogen) atoms. The van der Waals surface area contributed by atoms with Crippen molar-refractivity contribution < 1.29 is 4.52 Å². The van der Waals surface area contributed by atoms with E-state index in [9.17, 15) is 0 Å². The lowest BCUT2D eigenvalue weighted by Crippen LogP contribution is -2.16. The van der Waals surface area contributed by atoms with Gasteiger partial charge in [-0.2, -0.15) is 4.98 Å². The summed E-state index contributed by atoms with van der Waals surface area (Å²) >= 11 is 0. The second-order valence-electron chi connectivity index (χ2n) is 6.75. The van der Waals surface area contributed by atoms with Gasteiger partial charge in [-0.1, -0.05) is 38.1 Å². The standard InChI is InChI=1S/C16H22N4O/c1-16(2,3)15-18-14(19-21-15)13(17)11-5-6-12-10(9-11)7-8-20(12)4/h5-6,9,13H,7-8,17H2,1-4H3. The molecule has 0 saturated heterocycles. The number of rotatable bonds is 2. The molecular formula is C16H22N4O. The molecule has 0 radical (unpaired) electrons. The van der Waals surface area contributed by atoms with Crippen LogP contribution in [0.5, 0.6) is 0 Å². The lowest BCUT2D eigenvalue weighted by atomic mass is 9.97. The van der Waals surface area contributed by atoms with Gasteiger partial charge in [0.15, 0.2) is 5.82 Å². The molecule has 3 rings (SSSR count). The summed E-state index contributed by atoms with van der Waals surface area (Å²) in [6.45, 7) is 7.19. The normalized spacial score (nSPS) is 16.1. The van der Waals surface area contributed by atoms with Crippen LogP contribution in [0.3, 0.4) is 0 Å². The molecule has 1 aliphatic heterocycles. The Morgan fingerprint density at radius 1 is 1.33 bits per heavy atom. The molecule has 2 aromatic rings. The predicted octanol–water partition coefficient (Wildman–Crippen LogP) is 2.41. The van der Waals surface area contributed by atoms with Crippen molar-refractivity contribution in [1.29, 1.82) is 0 Å². The van der Waals surface area contributed by atoms with Crippen LogP contribution < -0.4 is 10.6 Å². The van der Waals surface area contributed by atoms with Gasteiger partial charge >= 0.3 is 0 Å². The summed E-state index contributed by atoms with van der Waals surface area (Å²) in [5.74, 6) is 1.17. The minimum atomic E-state index is -0.346. The zero-order chi connectivity index (χ0) is 15.2. The average molecular weight is 286 g/mol. The molecule has 1 atom stereocenters. The molecule has 1 aromatic heterocycles. The molecule has 0 spiro atoms. The van der Waals surface area contributed by atoms with E-state index in [1.165, 1.54) is 11.3 Å². The molecule has 2 N–H and O–H groups in total. The first-order chi connectivity index (χ1) is 9.86. The smallest absolute Gasteiger partial charge is 0.232 e. The number of hydrogen-bond acceptors (Lipinski definition) is 5. The topological polar surface area (TPSA) is 68.2 Å². The summed E-state index contributed by atoms with van der Waals surface area (Å²) in [5.41, 5.74) is 9.80. The fraction of sp³-hybridized carbons (Fsp3) is 0.500. The van der Waals surface area contributed by atoms with Crippen LogP contribution in [0.25, 0.3) is 0 Å². The molecule has 2 heterocycles. The third kappa shape index (κ3) is 2.53. The number of fused-ring (bicyclic) bond motifs is 1. The SMILES string of the molecule is CN1CCc2cc(C(N)c3noc(C(C)(C)C)n3)ccc21. The number of anilines is 1. The molecule has 1 unspecified atom stereocenters. The van der Waals surface area contributed by atoms with E-state index < -0.39 is 0 Å². The van der Waals surface area contributed by atoms with Crippen LogP contribution in [0, 0.1) is 0 Å². The van der Waals surface area contributed by atoms with Crippen molar-refractivity contribution >= 4 is 5.69 Å². The van der Waals surface area contributed by atoms with Crippen LogP contribution in [0.15, 0.2) is 22.7 Å². The highest BCUT2D eigenvalue weighted by atomic mass is 16.5. The summed E-state index contributed by atoms with van der Waals surface area (Å²) in [4.78, 5) is 6.71. The Labute approximate surface area is 125 Å². The first-order valence-electron chi connectivity index (χ1n) is 7.30. The summed E-state index contributed by atoms with van der Waals surface area (Å²) < 4.78 is 5.33. The highest BCUT2D eigenvalue weighted by Crippen LogP contribution is 2.30. The molecule has 0 bridgehead atoms. The van der Waals surface area contributed by atoms with E-state index in [1.807, 2.05) is 20.8 Å². The Balaban J connectivity index is 1.89. The van der Waals surface area contributed by atoms with Gasteiger partial charge < -0.3 is 15.2 Å². The molecule has 112 valence electrons. The first kappa shape index (κ1) is 14.1. The first-order valence-corrected chi connectivity index (χ1v) is 7.30. The van der Waals surface area contributed by atoms with Crippen LogP contribution in [-0.4, -0.2) is 23.7 Å². The van der Waals surface area contributed by atoms with Gasteiger partial charge in [-0.3, -0.25) is 0 Å². The van der Waals surface area contributed by atoms with Gasteiger partial charge in [-0.15, -0.1) is 0 Å². The monoisotopic (exact) mass is 286 g/mol. The van der Waals surface area contributed by atoms with E-state index in [1.54, 1.807) is 0 Å². The summed E-state index contributed by atoms with van der Waals surface area (Å²) in [5, 5.41) is 4.05. The van der Waals surface area contributed by atoms with Crippen molar-refractivity contribution in [1.82, 2.24) is 10.1 Å². The van der Waals surface area contributed by atoms with Crippen LogP contribution in [0.2, 0.25) is 0 Å². The lowest BCUT2D eigenvalue weighted by Gasteiger charge is -2.14. The molecule has 5 heteroatoms. The van der Waals surface area contributed by atoms with Crippen LogP contribution in [0.4, 0.5) is 5.69 Å². The second kappa shape index (κ2) is 4.84. The highest BCUT2D eigenvalue weighted by molar-refractivity contribution is 5.59. The minimum Gasteiger partial charge on any atom is -0.374 e. The van der Waals surface area contributed by atoms with Crippen molar-refractivity contribution in [3.05, 3.63) is 41.0 Å². The van der Waals surface area contributed by atoms with Gasteiger partial charge in [-0.05, 0) is 23.6 Å². The van der Waals surface area contributed by atoms with E-state index in [-0.39, 0.29) is 11.5 Å². The van der Waals surface area contributed by atoms with Crippen molar-refractivity contribution in [3.8, 4) is 0 Å². The van der Waals surface area contributed by atoms with Crippen LogP contribution in [0.1, 0.15) is 49.7 Å². The van der Waals surface area contributed by atoms with Gasteiger partial charge in [0, 0.05) is 24.7 Å². The molecule has 5 nitrogen and oxygen atoms in total. The predicted molar refractivity (Wildman–Crippen MR) is 82.4 cm³/mol. The number of nitrogens with zero attached hydrogens (tertiary/aromatic N) is 3. The number of nitrogens with two attached hydrogens (primary N) is 1. The quantitative estimate of drug-likeness (QED) is 0.918. The molecule has 1 aliphatic rings. The number of benzene rings is 1. The number of aromatic nitrogens is 2. The Hall–Kier alpha value is -1.88. The maximum atomic E-state index is 6.30. The van der Waals surface area contributed by atoms with E-state index in [4.69, 9.17) is 10.3 Å². The molecule has 1 aromatic carbocycles. The Morgan fingerprint density at radius 2 is 2.10 bits per heavy atom. The van der Waals surface area contributed by atoms with Crippen LogP contribution >= 0.6 is 0 Å². The van der Waals surface area contributed by atoms with Gasteiger partial charge in [0.1, 0.15) is 0 Å². The van der Waals surface area contributed by atoms with Gasteiger partial charge in [-0.25, -0.2) is 0 Å². The average Bonchev–Trinajstić information content (AvgIpc) is 3.05. The fourth-order valence-electron chi connectivity index (χ4n) is 2.60. The summed E-state index contributed by atoms with van der Waals surface area (Å²) in [6.07, 6.45) is 1.06. The van der Waals surface area contributed by atoms with Crippen LogP contribution in [-0.2, 0) is 11.8 Å². The van der Waals surface area contributed by atoms with Gasteiger partial charge in [0.25, 0.3) is 0 Å². The zero-order valence-corrected chi connectivity index (χ0v) is 13.1. The Bertz CT molecular complexity index is 657. The van der Waals surface area contributed by atoms with E-state index >= 15 is 0 Å². The number of hydrogen-bond donors (Lipinski definition) is 1. The third-order valence-corrected chi connectivity index (χ3v) is 3.95. The Kier molecular flexibility index (Phi) is 3.24. The molecule has 0 amide bonds. The van der Waals surface area contributed by atoms with Crippen molar-refractivity contribution in [2.45, 2.75) is 38.6 Å². The van der Waals surface area contributed by atoms with E-state index in [2.05, 4.69) is 40.3 Å². The number of likely N-dealkylation sites (N-methyl/N-ethyl adjacent to an activating group) is 1. The summed E-state index contributed by atoms with van der Waals surface area (Å²) in [6, 6.07) is 6.00. The van der Waals surface area contributed by atoms with Crippen molar-refractivity contribution in [2.24, 2.45) is 5.73 Å². The van der Waals surface area contributed by atoms with Gasteiger partial charge in [0.2, 0.25) is 5.89 Å². The third-order valence-electron chi connectivity index (χ3n) is 3.95. The second-order valence-corrected chi connectivity index (χ2v) is 6.75. The summed E-state index contributed by atoms with van der Waals surface area (Å²) in [7, 11) is 2.11. The van der Waals surface area contributed by atoms with Gasteiger partial charge in [0.05, 0.1) is 6.04 Å². The maximum Gasteiger partial charge on any atom is 0.232 e. The zero-order valence-electron chi connectivity index (χ0n) is 13.1. The van der Waals surface area contributed by atoms with Crippen molar-refractivity contribution in [3.63, 3.8) is 0 Å². The molecule has 0 aliphatic carbocycles.